The van der Waals surface area contributed by atoms with Crippen molar-refractivity contribution in [2.24, 2.45) is 0 Å². The fourth-order valence-electron chi connectivity index (χ4n) is 11.9. The van der Waals surface area contributed by atoms with E-state index in [2.05, 4.69) is 172 Å². The standard InChI is InChI=1S/C30H35N3O3.C28H37N3O3.C26H36N4O2.3CH4/c1-3-4-18-33(2)22-26-21-31-32-30(26)25-10-12-27(13-11-25)34-19-20-35-28-14-16-29(17-15-28)36-23-24-8-6-5-7-9-24;1-3-4-15-31(2)21-25-20-29-30-28(25)24-7-11-27(12-8-24)34-19-18-33-26-9-5-22(6-10-26)23-13-16-32-17-14-23;1-5-6-16-29(2)20-22-19-27-28-26(22)21-8-10-23(11-9-21)30(3)17-7-18-32-25-14-12-24(31-4)13-15-25;;;/h5-17,21H,3-4,18-20,22-23H2,1-2H3,(H,31,32);5-12,20,23H,3-4,13-19,21H2,1-2H3,(H,29,30);8-15,19H,5-7,16-18,20H2,1-4H3,(H,27,28);3*1H4. The Hall–Kier alpha value is -9.59. The van der Waals surface area contributed by atoms with Crippen LogP contribution in [0, 0.1) is 0 Å². The summed E-state index contributed by atoms with van der Waals surface area (Å²) >= 11 is 0. The molecule has 1 saturated heterocycles. The minimum absolute atomic E-state index is 0. The van der Waals surface area contributed by atoms with E-state index in [4.69, 9.17) is 37.9 Å². The fraction of sp³-hybridized carbons (Fsp3) is 0.414. The van der Waals surface area contributed by atoms with Crippen molar-refractivity contribution in [3.05, 3.63) is 222 Å². The maximum Gasteiger partial charge on any atom is 0.122 e. The van der Waals surface area contributed by atoms with Crippen LogP contribution in [-0.2, 0) is 31.0 Å². The molecule has 3 aromatic heterocycles. The van der Waals surface area contributed by atoms with Crippen molar-refractivity contribution in [2.45, 2.75) is 133 Å². The van der Waals surface area contributed by atoms with Gasteiger partial charge in [0.2, 0.25) is 0 Å². The average Bonchev–Trinajstić information content (AvgIpc) is 1.70. The highest BCUT2D eigenvalue weighted by Gasteiger charge is 2.18. The van der Waals surface area contributed by atoms with E-state index in [9.17, 15) is 0 Å². The van der Waals surface area contributed by atoms with E-state index in [1.54, 1.807) is 7.11 Å². The monoisotopic (exact) mass is 1430 g/mol. The number of nitrogens with zero attached hydrogens (tertiary/aromatic N) is 7. The zero-order valence-corrected chi connectivity index (χ0v) is 61.4. The Bertz CT molecular complexity index is 3860. The van der Waals surface area contributed by atoms with Crippen molar-refractivity contribution in [1.29, 1.82) is 0 Å². The summed E-state index contributed by atoms with van der Waals surface area (Å²) in [5.41, 5.74) is 14.0. The SMILES string of the molecule is C.C.C.CCCCN(C)Cc1cn[nH]c1-c1ccc(N(C)CCCOc2ccc(OC)cc2)cc1.CCCCN(C)Cc1cn[nH]c1-c1ccc(OCCOc2ccc(C3CCOCC3)cc2)cc1.CCCCN(C)Cc1cn[nH]c1-c1ccc(OCCOc2ccc(OCc3ccccc3)cc2)cc1. The summed E-state index contributed by atoms with van der Waals surface area (Å²) in [4.78, 5) is 9.29. The highest BCUT2D eigenvalue weighted by Crippen LogP contribution is 2.31. The van der Waals surface area contributed by atoms with Crippen LogP contribution >= 0.6 is 0 Å². The van der Waals surface area contributed by atoms with Crippen LogP contribution < -0.4 is 38.1 Å². The van der Waals surface area contributed by atoms with E-state index in [0.29, 0.717) is 45.6 Å². The van der Waals surface area contributed by atoms with Gasteiger partial charge in [0.1, 0.15) is 73.3 Å². The maximum atomic E-state index is 5.89. The lowest BCUT2D eigenvalue weighted by Crippen LogP contribution is -2.20. The van der Waals surface area contributed by atoms with Gasteiger partial charge in [0.15, 0.2) is 0 Å². The van der Waals surface area contributed by atoms with Gasteiger partial charge in [0, 0.05) is 85.5 Å². The number of hydrogen-bond donors (Lipinski definition) is 3. The summed E-state index contributed by atoms with van der Waals surface area (Å²) in [6.45, 7) is 18.4. The molecule has 0 unspecified atom stereocenters. The zero-order chi connectivity index (χ0) is 71.4. The van der Waals surface area contributed by atoms with Crippen molar-refractivity contribution in [3.63, 3.8) is 0 Å². The summed E-state index contributed by atoms with van der Waals surface area (Å²) in [6, 6.07) is 58.9. The Morgan fingerprint density at radius 1 is 0.390 bits per heavy atom. The number of nitrogens with one attached hydrogen (secondary N) is 3. The van der Waals surface area contributed by atoms with Crippen LogP contribution in [0.25, 0.3) is 33.8 Å². The number of rotatable bonds is 39. The molecule has 105 heavy (non-hydrogen) atoms. The number of benzene rings is 7. The quantitative estimate of drug-likeness (QED) is 0.0310. The molecule has 1 fully saturated rings. The third-order valence-electron chi connectivity index (χ3n) is 17.9. The topological polar surface area (TPSA) is 173 Å². The third kappa shape index (κ3) is 28.4. The molecule has 1 aliphatic heterocycles. The number of aromatic nitrogens is 6. The van der Waals surface area contributed by atoms with E-state index in [-0.39, 0.29) is 22.3 Å². The lowest BCUT2D eigenvalue weighted by Gasteiger charge is -2.22. The first kappa shape index (κ1) is 84.3. The van der Waals surface area contributed by atoms with Gasteiger partial charge < -0.3 is 57.5 Å². The Balaban J connectivity index is 0.000000244. The highest BCUT2D eigenvalue weighted by molar-refractivity contribution is 5.66. The van der Waals surface area contributed by atoms with Crippen LogP contribution in [0.2, 0.25) is 0 Å². The van der Waals surface area contributed by atoms with Crippen molar-refractivity contribution in [3.8, 4) is 74.0 Å². The summed E-state index contributed by atoms with van der Waals surface area (Å²) in [5.74, 6) is 6.45. The second kappa shape index (κ2) is 47.0. The second-order valence-electron chi connectivity index (χ2n) is 26.1. The van der Waals surface area contributed by atoms with Gasteiger partial charge in [0.25, 0.3) is 0 Å². The van der Waals surface area contributed by atoms with Crippen LogP contribution in [0.1, 0.15) is 135 Å². The number of methoxy groups -OCH3 is 1. The molecule has 18 heteroatoms. The molecule has 0 amide bonds. The van der Waals surface area contributed by atoms with Crippen LogP contribution in [0.4, 0.5) is 5.69 Å². The molecule has 0 saturated carbocycles. The van der Waals surface area contributed by atoms with Crippen LogP contribution in [-0.4, -0.2) is 153 Å². The molecule has 10 aromatic rings. The first-order valence-electron chi connectivity index (χ1n) is 36.4. The van der Waals surface area contributed by atoms with Gasteiger partial charge in [-0.15, -0.1) is 0 Å². The molecule has 1 aliphatic rings. The molecule has 7 aromatic carbocycles. The molecule has 4 heterocycles. The molecule has 0 aliphatic carbocycles. The van der Waals surface area contributed by atoms with Crippen LogP contribution in [0.5, 0.6) is 40.2 Å². The summed E-state index contributed by atoms with van der Waals surface area (Å²) in [5, 5.41) is 22.3. The van der Waals surface area contributed by atoms with Gasteiger partial charge in [-0.25, -0.2) is 0 Å². The molecule has 11 rings (SSSR count). The van der Waals surface area contributed by atoms with E-state index >= 15 is 0 Å². The summed E-state index contributed by atoms with van der Waals surface area (Å²) in [7, 11) is 10.3. The maximum absolute atomic E-state index is 5.89. The smallest absolute Gasteiger partial charge is 0.122 e. The summed E-state index contributed by atoms with van der Waals surface area (Å²) < 4.78 is 45.7. The Morgan fingerprint density at radius 2 is 0.733 bits per heavy atom. The molecule has 566 valence electrons. The van der Waals surface area contributed by atoms with Crippen molar-refractivity contribution < 1.29 is 37.9 Å². The first-order chi connectivity index (χ1) is 50.0. The highest BCUT2D eigenvalue weighted by atomic mass is 16.5. The molecule has 3 N–H and O–H groups in total. The number of unbranched alkanes of at least 4 members (excludes halogenated alkanes) is 3. The fourth-order valence-corrected chi connectivity index (χ4v) is 11.9. The number of hydrogen-bond acceptors (Lipinski definition) is 15. The zero-order valence-electron chi connectivity index (χ0n) is 61.4. The molecular formula is C87H120N10O8. The minimum atomic E-state index is 0. The minimum Gasteiger partial charge on any atom is -0.497 e. The lowest BCUT2D eigenvalue weighted by atomic mass is 9.92. The lowest BCUT2D eigenvalue weighted by molar-refractivity contribution is 0.0853. The van der Waals surface area contributed by atoms with Gasteiger partial charge in [0.05, 0.1) is 49.4 Å². The third-order valence-corrected chi connectivity index (χ3v) is 17.9. The number of H-pyrrole nitrogens is 3. The molecule has 0 bridgehead atoms. The van der Waals surface area contributed by atoms with Crippen molar-refractivity contribution >= 4 is 5.69 Å². The molecule has 0 atom stereocenters. The average molecular weight is 1430 g/mol. The predicted molar refractivity (Wildman–Crippen MR) is 431 cm³/mol. The van der Waals surface area contributed by atoms with Gasteiger partial charge >= 0.3 is 0 Å². The van der Waals surface area contributed by atoms with Gasteiger partial charge in [-0.1, -0.05) is 117 Å². The van der Waals surface area contributed by atoms with Crippen molar-refractivity contribution in [1.82, 2.24) is 45.3 Å². The Labute approximate surface area is 627 Å². The Kier molecular flexibility index (Phi) is 37.7. The molecule has 18 nitrogen and oxygen atoms in total. The van der Waals surface area contributed by atoms with Gasteiger partial charge in [-0.05, 0) is 218 Å². The van der Waals surface area contributed by atoms with Crippen LogP contribution in [0.15, 0.2) is 195 Å². The van der Waals surface area contributed by atoms with Crippen molar-refractivity contribution in [2.75, 3.05) is 113 Å². The number of aromatic amines is 3. The Morgan fingerprint density at radius 3 is 1.11 bits per heavy atom. The largest absolute Gasteiger partial charge is 0.497 e. The van der Waals surface area contributed by atoms with Gasteiger partial charge in [-0.3, -0.25) is 15.3 Å². The van der Waals surface area contributed by atoms with Crippen LogP contribution in [0.3, 0.4) is 0 Å². The van der Waals surface area contributed by atoms with E-state index in [1.807, 2.05) is 122 Å². The number of ether oxygens (including phenoxy) is 8. The van der Waals surface area contributed by atoms with E-state index < -0.39 is 0 Å². The van der Waals surface area contributed by atoms with E-state index in [0.717, 1.165) is 152 Å². The van der Waals surface area contributed by atoms with E-state index in [1.165, 1.54) is 72.0 Å². The summed E-state index contributed by atoms with van der Waals surface area (Å²) in [6.07, 6.45) is 16.2. The van der Waals surface area contributed by atoms with Gasteiger partial charge in [-0.2, -0.15) is 15.3 Å². The molecule has 0 radical (unpaired) electrons. The second-order valence-corrected chi connectivity index (χ2v) is 26.1. The normalized spacial score (nSPS) is 11.8. The molecule has 0 spiro atoms. The predicted octanol–water partition coefficient (Wildman–Crippen LogP) is 19.1. The number of anilines is 1. The molecular weight excluding hydrogens is 1310 g/mol. The first-order valence-corrected chi connectivity index (χ1v) is 36.4.